The molecule has 1 fully saturated rings. The third-order valence-corrected chi connectivity index (χ3v) is 3.33. The van der Waals surface area contributed by atoms with Gasteiger partial charge in [-0.3, -0.25) is 0 Å². The number of rotatable bonds is 6. The summed E-state index contributed by atoms with van der Waals surface area (Å²) < 4.78 is 0. The van der Waals surface area contributed by atoms with E-state index in [0.29, 0.717) is 0 Å². The van der Waals surface area contributed by atoms with E-state index in [4.69, 9.17) is 0 Å². The third kappa shape index (κ3) is 5.50. The number of hydrogen-bond acceptors (Lipinski definition) is 3. The van der Waals surface area contributed by atoms with Gasteiger partial charge in [0.2, 0.25) is 0 Å². The minimum absolute atomic E-state index is 0.746. The van der Waals surface area contributed by atoms with Gasteiger partial charge in [-0.1, -0.05) is 13.8 Å². The molecule has 0 aromatic carbocycles. The van der Waals surface area contributed by atoms with E-state index in [1.165, 1.54) is 52.0 Å². The molecule has 0 spiro atoms. The van der Waals surface area contributed by atoms with Gasteiger partial charge >= 0.3 is 0 Å². The maximum Gasteiger partial charge on any atom is 0.0107 e. The van der Waals surface area contributed by atoms with E-state index in [2.05, 4.69) is 29.4 Å². The number of hydrogen-bond donors (Lipinski definition) is 2. The summed E-state index contributed by atoms with van der Waals surface area (Å²) in [6.07, 6.45) is 3.95. The fourth-order valence-corrected chi connectivity index (χ4v) is 2.19. The third-order valence-electron chi connectivity index (χ3n) is 3.33. The summed E-state index contributed by atoms with van der Waals surface area (Å²) in [5.41, 5.74) is 0. The van der Waals surface area contributed by atoms with Gasteiger partial charge in [0.1, 0.15) is 0 Å². The molecule has 1 rings (SSSR count). The maximum atomic E-state index is 3.68. The maximum absolute atomic E-state index is 3.68. The van der Waals surface area contributed by atoms with Crippen molar-refractivity contribution in [1.82, 2.24) is 15.5 Å². The Morgan fingerprint density at radius 2 is 2.00 bits per heavy atom. The Morgan fingerprint density at radius 3 is 2.73 bits per heavy atom. The molecule has 1 aliphatic heterocycles. The Morgan fingerprint density at radius 1 is 1.20 bits per heavy atom. The fourth-order valence-electron chi connectivity index (χ4n) is 2.19. The van der Waals surface area contributed by atoms with E-state index in [9.17, 15) is 0 Å². The Labute approximate surface area is 94.6 Å². The van der Waals surface area contributed by atoms with Crippen molar-refractivity contribution < 1.29 is 0 Å². The summed E-state index contributed by atoms with van der Waals surface area (Å²) in [6, 6.07) is 0.746. The molecule has 0 saturated carbocycles. The summed E-state index contributed by atoms with van der Waals surface area (Å²) in [5.74, 6) is 0. The van der Waals surface area contributed by atoms with Crippen molar-refractivity contribution in [3.05, 3.63) is 0 Å². The summed E-state index contributed by atoms with van der Waals surface area (Å²) in [6.45, 7) is 11.5. The molecule has 15 heavy (non-hydrogen) atoms. The number of nitrogens with zero attached hydrogens (tertiary/aromatic N) is 1. The van der Waals surface area contributed by atoms with E-state index in [1.54, 1.807) is 0 Å². The summed E-state index contributed by atoms with van der Waals surface area (Å²) in [7, 11) is 0. The largest absolute Gasteiger partial charge is 0.317 e. The molecule has 0 radical (unpaired) electrons. The van der Waals surface area contributed by atoms with Gasteiger partial charge in [-0.2, -0.15) is 0 Å². The highest BCUT2D eigenvalue weighted by atomic mass is 15.1. The molecule has 0 aliphatic carbocycles. The van der Waals surface area contributed by atoms with Crippen LogP contribution in [-0.4, -0.2) is 50.2 Å². The SMILES string of the molecule is CCN(CC)CCNC1CCCNCC1. The van der Waals surface area contributed by atoms with Gasteiger partial charge in [-0.05, 0) is 45.4 Å². The number of nitrogens with one attached hydrogen (secondary N) is 2. The highest BCUT2D eigenvalue weighted by molar-refractivity contribution is 4.72. The predicted molar refractivity (Wildman–Crippen MR) is 66.3 cm³/mol. The van der Waals surface area contributed by atoms with Crippen LogP contribution in [0, 0.1) is 0 Å². The van der Waals surface area contributed by atoms with Crippen LogP contribution in [0.3, 0.4) is 0 Å². The first-order valence-electron chi connectivity index (χ1n) is 6.53. The average molecular weight is 213 g/mol. The van der Waals surface area contributed by atoms with Crippen LogP contribution in [-0.2, 0) is 0 Å². The molecule has 3 nitrogen and oxygen atoms in total. The molecule has 2 N–H and O–H groups in total. The van der Waals surface area contributed by atoms with Crippen LogP contribution in [0.25, 0.3) is 0 Å². The highest BCUT2D eigenvalue weighted by Crippen LogP contribution is 2.04. The summed E-state index contributed by atoms with van der Waals surface area (Å²) in [4.78, 5) is 2.47. The first-order valence-corrected chi connectivity index (χ1v) is 6.53. The molecular weight excluding hydrogens is 186 g/mol. The molecule has 0 bridgehead atoms. The standard InChI is InChI=1S/C12H27N3/c1-3-15(4-2)11-10-14-12-6-5-8-13-9-7-12/h12-14H,3-11H2,1-2H3. The second-order valence-electron chi connectivity index (χ2n) is 4.36. The number of likely N-dealkylation sites (N-methyl/N-ethyl adjacent to an activating group) is 1. The molecule has 0 aromatic heterocycles. The van der Waals surface area contributed by atoms with E-state index in [0.717, 1.165) is 12.6 Å². The van der Waals surface area contributed by atoms with Crippen molar-refractivity contribution >= 4 is 0 Å². The summed E-state index contributed by atoms with van der Waals surface area (Å²) >= 11 is 0. The van der Waals surface area contributed by atoms with E-state index in [1.807, 2.05) is 0 Å². The lowest BCUT2D eigenvalue weighted by Crippen LogP contribution is -2.37. The Kier molecular flexibility index (Phi) is 6.98. The molecule has 1 unspecified atom stereocenters. The van der Waals surface area contributed by atoms with Crippen LogP contribution >= 0.6 is 0 Å². The Hall–Kier alpha value is -0.120. The van der Waals surface area contributed by atoms with Gasteiger partial charge < -0.3 is 15.5 Å². The van der Waals surface area contributed by atoms with Crippen molar-refractivity contribution in [3.63, 3.8) is 0 Å². The van der Waals surface area contributed by atoms with Crippen molar-refractivity contribution in [3.8, 4) is 0 Å². The normalized spacial score (nSPS) is 23.0. The van der Waals surface area contributed by atoms with Crippen molar-refractivity contribution in [2.75, 3.05) is 39.3 Å². The zero-order valence-corrected chi connectivity index (χ0v) is 10.4. The Balaban J connectivity index is 2.07. The van der Waals surface area contributed by atoms with E-state index < -0.39 is 0 Å². The highest BCUT2D eigenvalue weighted by Gasteiger charge is 2.10. The molecule has 1 heterocycles. The lowest BCUT2D eigenvalue weighted by atomic mass is 10.1. The zero-order chi connectivity index (χ0) is 10.9. The minimum atomic E-state index is 0.746. The van der Waals surface area contributed by atoms with Crippen LogP contribution in [0.15, 0.2) is 0 Å². The lowest BCUT2D eigenvalue weighted by Gasteiger charge is -2.21. The van der Waals surface area contributed by atoms with Gasteiger partial charge in [0.25, 0.3) is 0 Å². The molecule has 3 heteroatoms. The van der Waals surface area contributed by atoms with E-state index >= 15 is 0 Å². The molecular formula is C12H27N3. The fraction of sp³-hybridized carbons (Fsp3) is 1.00. The van der Waals surface area contributed by atoms with Crippen LogP contribution in [0.5, 0.6) is 0 Å². The first-order chi connectivity index (χ1) is 7.36. The van der Waals surface area contributed by atoms with Crippen LogP contribution in [0.2, 0.25) is 0 Å². The zero-order valence-electron chi connectivity index (χ0n) is 10.4. The molecule has 0 aromatic rings. The van der Waals surface area contributed by atoms with Gasteiger partial charge in [0.15, 0.2) is 0 Å². The van der Waals surface area contributed by atoms with Gasteiger partial charge in [0, 0.05) is 19.1 Å². The quantitative estimate of drug-likeness (QED) is 0.691. The average Bonchev–Trinajstić information content (AvgIpc) is 2.53. The van der Waals surface area contributed by atoms with Crippen LogP contribution < -0.4 is 10.6 Å². The molecule has 1 aliphatic rings. The van der Waals surface area contributed by atoms with Gasteiger partial charge in [-0.25, -0.2) is 0 Å². The molecule has 1 saturated heterocycles. The van der Waals surface area contributed by atoms with Crippen molar-refractivity contribution in [2.24, 2.45) is 0 Å². The predicted octanol–water partition coefficient (Wildman–Crippen LogP) is 1.06. The monoisotopic (exact) mass is 213 g/mol. The Bertz CT molecular complexity index is 138. The van der Waals surface area contributed by atoms with Crippen LogP contribution in [0.1, 0.15) is 33.1 Å². The molecule has 0 amide bonds. The van der Waals surface area contributed by atoms with E-state index in [-0.39, 0.29) is 0 Å². The lowest BCUT2D eigenvalue weighted by molar-refractivity contribution is 0.293. The first kappa shape index (κ1) is 12.9. The smallest absolute Gasteiger partial charge is 0.0107 e. The second-order valence-corrected chi connectivity index (χ2v) is 4.36. The second kappa shape index (κ2) is 8.08. The van der Waals surface area contributed by atoms with Gasteiger partial charge in [-0.15, -0.1) is 0 Å². The minimum Gasteiger partial charge on any atom is -0.317 e. The molecule has 1 atom stereocenters. The summed E-state index contributed by atoms with van der Waals surface area (Å²) in [5, 5.41) is 7.13. The van der Waals surface area contributed by atoms with Crippen molar-refractivity contribution in [1.29, 1.82) is 0 Å². The topological polar surface area (TPSA) is 27.3 Å². The molecule has 90 valence electrons. The van der Waals surface area contributed by atoms with Crippen molar-refractivity contribution in [2.45, 2.75) is 39.2 Å². The van der Waals surface area contributed by atoms with Gasteiger partial charge in [0.05, 0.1) is 0 Å². The van der Waals surface area contributed by atoms with Crippen LogP contribution in [0.4, 0.5) is 0 Å².